The molecule has 1 aromatic carbocycles. The van der Waals surface area contributed by atoms with Crippen LogP contribution >= 0.6 is 11.6 Å². The normalized spacial score (nSPS) is 10.9. The lowest BCUT2D eigenvalue weighted by Gasteiger charge is -2.18. The molecule has 0 saturated heterocycles. The molecule has 1 rings (SSSR count). The number of nitrogens with zero attached hydrogens (tertiary/aromatic N) is 1. The second-order valence-corrected chi connectivity index (χ2v) is 4.38. The first-order valence-corrected chi connectivity index (χ1v) is 5.68. The molecule has 0 amide bonds. The van der Waals surface area contributed by atoms with E-state index < -0.39 is 0 Å². The molecule has 0 saturated carbocycles. The molecule has 2 N–H and O–H groups in total. The fourth-order valence-electron chi connectivity index (χ4n) is 1.80. The third-order valence-corrected chi connectivity index (χ3v) is 2.69. The maximum atomic E-state index is 6.04. The number of rotatable bonds is 5. The molecule has 0 atom stereocenters. The highest BCUT2D eigenvalue weighted by Crippen LogP contribution is 2.28. The van der Waals surface area contributed by atoms with E-state index in [9.17, 15) is 0 Å². The van der Waals surface area contributed by atoms with E-state index in [-0.39, 0.29) is 0 Å². The topological polar surface area (TPSA) is 38.5 Å². The van der Waals surface area contributed by atoms with Crippen LogP contribution in [0.4, 0.5) is 0 Å². The lowest BCUT2D eigenvalue weighted by molar-refractivity contribution is 0.325. The number of likely N-dealkylation sites (N-methyl/N-ethyl adjacent to an activating group) is 1. The Morgan fingerprint density at radius 2 is 2.12 bits per heavy atom. The summed E-state index contributed by atoms with van der Waals surface area (Å²) in [7, 11) is 3.71. The van der Waals surface area contributed by atoms with E-state index in [0.29, 0.717) is 6.54 Å². The first-order valence-electron chi connectivity index (χ1n) is 5.30. The highest BCUT2D eigenvalue weighted by Gasteiger charge is 2.10. The van der Waals surface area contributed by atoms with E-state index >= 15 is 0 Å². The second kappa shape index (κ2) is 6.09. The number of benzene rings is 1. The maximum absolute atomic E-state index is 6.04. The van der Waals surface area contributed by atoms with Gasteiger partial charge in [0.05, 0.1) is 7.11 Å². The van der Waals surface area contributed by atoms with Crippen molar-refractivity contribution in [3.05, 3.63) is 28.3 Å². The average molecular weight is 243 g/mol. The Morgan fingerprint density at radius 1 is 1.44 bits per heavy atom. The zero-order valence-corrected chi connectivity index (χ0v) is 10.8. The second-order valence-electron chi connectivity index (χ2n) is 3.94. The predicted octanol–water partition coefficient (Wildman–Crippen LogP) is 2.05. The summed E-state index contributed by atoms with van der Waals surface area (Å²) in [5.74, 6) is 0.910. The fraction of sp³-hybridized carbons (Fsp3) is 0.500. The molecule has 0 aliphatic rings. The van der Waals surface area contributed by atoms with Crippen LogP contribution in [0.15, 0.2) is 12.1 Å². The van der Waals surface area contributed by atoms with E-state index in [4.69, 9.17) is 22.1 Å². The maximum Gasteiger partial charge on any atom is 0.126 e. The molecule has 0 aliphatic carbocycles. The van der Waals surface area contributed by atoms with Gasteiger partial charge in [0.2, 0.25) is 0 Å². The summed E-state index contributed by atoms with van der Waals surface area (Å²) in [5.41, 5.74) is 7.68. The third-order valence-electron chi connectivity index (χ3n) is 2.47. The molecule has 0 radical (unpaired) electrons. The molecule has 0 bridgehead atoms. The van der Waals surface area contributed by atoms with Gasteiger partial charge in [-0.2, -0.15) is 0 Å². The van der Waals surface area contributed by atoms with E-state index in [0.717, 1.165) is 35.0 Å². The van der Waals surface area contributed by atoms with Crippen molar-refractivity contribution in [2.75, 3.05) is 27.2 Å². The van der Waals surface area contributed by atoms with Crippen LogP contribution in [0.2, 0.25) is 5.02 Å². The van der Waals surface area contributed by atoms with Crippen LogP contribution in [0.3, 0.4) is 0 Å². The van der Waals surface area contributed by atoms with Crippen molar-refractivity contribution in [1.29, 1.82) is 0 Å². The summed E-state index contributed by atoms with van der Waals surface area (Å²) >= 11 is 6.04. The van der Waals surface area contributed by atoms with Gasteiger partial charge in [-0.05, 0) is 31.7 Å². The Labute approximate surface area is 102 Å². The summed E-state index contributed by atoms with van der Waals surface area (Å²) < 4.78 is 5.39. The Kier molecular flexibility index (Phi) is 5.06. The van der Waals surface area contributed by atoms with Crippen LogP contribution in [0, 0.1) is 6.92 Å². The van der Waals surface area contributed by atoms with E-state index in [2.05, 4.69) is 4.90 Å². The number of ether oxygens (including phenoxy) is 1. The number of halogens is 1. The van der Waals surface area contributed by atoms with E-state index in [1.165, 1.54) is 0 Å². The molecule has 1 aromatic rings. The first-order chi connectivity index (χ1) is 7.58. The number of methoxy groups -OCH3 is 1. The standard InChI is InChI=1S/C12H19ClN2O/c1-9-6-11(13)7-10(12(9)16-3)8-15(2)5-4-14/h6-7H,4-5,8,14H2,1-3H3. The van der Waals surface area contributed by atoms with Gasteiger partial charge in [-0.15, -0.1) is 0 Å². The van der Waals surface area contributed by atoms with Crippen molar-refractivity contribution >= 4 is 11.6 Å². The van der Waals surface area contributed by atoms with Crippen molar-refractivity contribution < 1.29 is 4.74 Å². The molecule has 0 aromatic heterocycles. The van der Waals surface area contributed by atoms with E-state index in [1.54, 1.807) is 7.11 Å². The van der Waals surface area contributed by atoms with Gasteiger partial charge in [0, 0.05) is 30.2 Å². The summed E-state index contributed by atoms with van der Waals surface area (Å²) in [6.45, 7) is 4.30. The molecular formula is C12H19ClN2O. The smallest absolute Gasteiger partial charge is 0.126 e. The van der Waals surface area contributed by atoms with Gasteiger partial charge in [-0.3, -0.25) is 0 Å². The number of hydrogen-bond donors (Lipinski definition) is 1. The minimum atomic E-state index is 0.651. The van der Waals surface area contributed by atoms with Gasteiger partial charge in [0.1, 0.15) is 5.75 Å². The molecular weight excluding hydrogens is 224 g/mol. The molecule has 0 unspecified atom stereocenters. The van der Waals surface area contributed by atoms with Crippen molar-refractivity contribution in [3.63, 3.8) is 0 Å². The van der Waals surface area contributed by atoms with Gasteiger partial charge < -0.3 is 15.4 Å². The summed E-state index contributed by atoms with van der Waals surface area (Å²) in [6.07, 6.45) is 0. The van der Waals surface area contributed by atoms with Crippen LogP contribution in [-0.4, -0.2) is 32.1 Å². The third kappa shape index (κ3) is 3.37. The lowest BCUT2D eigenvalue weighted by atomic mass is 10.1. The van der Waals surface area contributed by atoms with Crippen molar-refractivity contribution in [2.24, 2.45) is 5.73 Å². The molecule has 0 spiro atoms. The van der Waals surface area contributed by atoms with Crippen molar-refractivity contribution in [3.8, 4) is 5.75 Å². The van der Waals surface area contributed by atoms with Gasteiger partial charge in [0.25, 0.3) is 0 Å². The molecule has 0 heterocycles. The summed E-state index contributed by atoms with van der Waals surface area (Å²) in [6, 6.07) is 3.85. The largest absolute Gasteiger partial charge is 0.496 e. The van der Waals surface area contributed by atoms with Gasteiger partial charge >= 0.3 is 0 Å². The quantitative estimate of drug-likeness (QED) is 0.859. The predicted molar refractivity (Wildman–Crippen MR) is 68.1 cm³/mol. The average Bonchev–Trinajstić information content (AvgIpc) is 2.17. The zero-order chi connectivity index (χ0) is 12.1. The Bertz CT molecular complexity index is 355. The molecule has 0 fully saturated rings. The Balaban J connectivity index is 2.93. The van der Waals surface area contributed by atoms with Crippen LogP contribution in [-0.2, 0) is 6.54 Å². The van der Waals surface area contributed by atoms with Crippen LogP contribution < -0.4 is 10.5 Å². The highest BCUT2D eigenvalue weighted by molar-refractivity contribution is 6.30. The number of aryl methyl sites for hydroxylation is 1. The number of hydrogen-bond acceptors (Lipinski definition) is 3. The van der Waals surface area contributed by atoms with Crippen LogP contribution in [0.5, 0.6) is 5.75 Å². The van der Waals surface area contributed by atoms with Gasteiger partial charge in [-0.1, -0.05) is 11.6 Å². The Morgan fingerprint density at radius 3 is 2.69 bits per heavy atom. The molecule has 90 valence electrons. The van der Waals surface area contributed by atoms with Crippen molar-refractivity contribution in [2.45, 2.75) is 13.5 Å². The molecule has 4 heteroatoms. The van der Waals surface area contributed by atoms with E-state index in [1.807, 2.05) is 26.1 Å². The minimum Gasteiger partial charge on any atom is -0.496 e. The van der Waals surface area contributed by atoms with Crippen LogP contribution in [0.1, 0.15) is 11.1 Å². The monoisotopic (exact) mass is 242 g/mol. The molecule has 16 heavy (non-hydrogen) atoms. The molecule has 0 aliphatic heterocycles. The summed E-state index contributed by atoms with van der Waals surface area (Å²) in [4.78, 5) is 2.15. The number of nitrogens with two attached hydrogens (primary N) is 1. The van der Waals surface area contributed by atoms with Crippen LogP contribution in [0.25, 0.3) is 0 Å². The highest BCUT2D eigenvalue weighted by atomic mass is 35.5. The summed E-state index contributed by atoms with van der Waals surface area (Å²) in [5, 5.41) is 0.745. The fourth-order valence-corrected chi connectivity index (χ4v) is 2.09. The van der Waals surface area contributed by atoms with Gasteiger partial charge in [-0.25, -0.2) is 0 Å². The molecule has 3 nitrogen and oxygen atoms in total. The Hall–Kier alpha value is -0.770. The minimum absolute atomic E-state index is 0.651. The lowest BCUT2D eigenvalue weighted by Crippen LogP contribution is -2.25. The first kappa shape index (κ1) is 13.3. The van der Waals surface area contributed by atoms with Crippen molar-refractivity contribution in [1.82, 2.24) is 4.90 Å². The SMILES string of the molecule is COc1c(C)cc(Cl)cc1CN(C)CCN. The van der Waals surface area contributed by atoms with Gasteiger partial charge in [0.15, 0.2) is 0 Å². The zero-order valence-electron chi connectivity index (χ0n) is 10.1.